The van der Waals surface area contributed by atoms with Gasteiger partial charge in [0.1, 0.15) is 5.82 Å². The first kappa shape index (κ1) is 11.1. The lowest BCUT2D eigenvalue weighted by Crippen LogP contribution is -2.08. The van der Waals surface area contributed by atoms with E-state index in [1.165, 1.54) is 7.11 Å². The van der Waals surface area contributed by atoms with Crippen molar-refractivity contribution in [2.75, 3.05) is 12.8 Å². The molecular weight excluding hydrogens is 218 g/mol. The molecule has 86 valence electrons. The van der Waals surface area contributed by atoms with Crippen LogP contribution < -0.4 is 5.73 Å². The van der Waals surface area contributed by atoms with Crippen LogP contribution in [0.4, 0.5) is 5.82 Å². The SMILES string of the molecule is COC(=O)c1nc(N)ccc1-c1ccncc1. The lowest BCUT2D eigenvalue weighted by molar-refractivity contribution is 0.0595. The summed E-state index contributed by atoms with van der Waals surface area (Å²) in [4.78, 5) is 19.5. The summed E-state index contributed by atoms with van der Waals surface area (Å²) in [5.74, 6) is -0.229. The van der Waals surface area contributed by atoms with Gasteiger partial charge in [0.15, 0.2) is 5.69 Å². The summed E-state index contributed by atoms with van der Waals surface area (Å²) in [6.07, 6.45) is 3.29. The molecule has 2 heterocycles. The molecular formula is C12H11N3O2. The Kier molecular flexibility index (Phi) is 3.00. The highest BCUT2D eigenvalue weighted by atomic mass is 16.5. The topological polar surface area (TPSA) is 78.1 Å². The number of rotatable bonds is 2. The lowest BCUT2D eigenvalue weighted by atomic mass is 10.1. The van der Waals surface area contributed by atoms with Crippen LogP contribution in [0.1, 0.15) is 10.5 Å². The van der Waals surface area contributed by atoms with Gasteiger partial charge in [-0.2, -0.15) is 0 Å². The Morgan fingerprint density at radius 3 is 2.59 bits per heavy atom. The monoisotopic (exact) mass is 229 g/mol. The molecule has 0 aliphatic rings. The summed E-state index contributed by atoms with van der Waals surface area (Å²) in [7, 11) is 1.31. The number of hydrogen-bond acceptors (Lipinski definition) is 5. The van der Waals surface area contributed by atoms with Crippen LogP contribution in [0.2, 0.25) is 0 Å². The molecule has 0 bridgehead atoms. The molecule has 5 nitrogen and oxygen atoms in total. The number of carbonyl (C=O) groups is 1. The summed E-state index contributed by atoms with van der Waals surface area (Å²) >= 11 is 0. The number of nitrogens with zero attached hydrogens (tertiary/aromatic N) is 2. The smallest absolute Gasteiger partial charge is 0.357 e. The average molecular weight is 229 g/mol. The minimum absolute atomic E-state index is 0.207. The van der Waals surface area contributed by atoms with E-state index in [1.54, 1.807) is 36.7 Å². The Hall–Kier alpha value is -2.43. The highest BCUT2D eigenvalue weighted by molar-refractivity contribution is 5.95. The summed E-state index contributed by atoms with van der Waals surface area (Å²) < 4.78 is 4.68. The van der Waals surface area contributed by atoms with Gasteiger partial charge in [0, 0.05) is 18.0 Å². The number of hydrogen-bond donors (Lipinski definition) is 1. The molecule has 0 aliphatic carbocycles. The second-order valence-electron chi connectivity index (χ2n) is 3.36. The highest BCUT2D eigenvalue weighted by Crippen LogP contribution is 2.23. The maximum atomic E-state index is 11.6. The number of esters is 1. The quantitative estimate of drug-likeness (QED) is 0.790. The van der Waals surface area contributed by atoms with E-state index in [9.17, 15) is 4.79 Å². The predicted octanol–water partition coefficient (Wildman–Crippen LogP) is 1.51. The Balaban J connectivity index is 2.58. The average Bonchev–Trinajstić information content (AvgIpc) is 2.38. The van der Waals surface area contributed by atoms with Crippen molar-refractivity contribution >= 4 is 11.8 Å². The van der Waals surface area contributed by atoms with Crippen molar-refractivity contribution in [2.24, 2.45) is 0 Å². The Labute approximate surface area is 98.3 Å². The van der Waals surface area contributed by atoms with Crippen LogP contribution in [0, 0.1) is 0 Å². The minimum atomic E-state index is -0.510. The third-order valence-electron chi connectivity index (χ3n) is 2.29. The second-order valence-corrected chi connectivity index (χ2v) is 3.36. The third-order valence-corrected chi connectivity index (χ3v) is 2.29. The van der Waals surface area contributed by atoms with Crippen LogP contribution in [-0.2, 0) is 4.74 Å². The van der Waals surface area contributed by atoms with Crippen LogP contribution in [0.5, 0.6) is 0 Å². The van der Waals surface area contributed by atoms with Gasteiger partial charge in [0.05, 0.1) is 7.11 Å². The van der Waals surface area contributed by atoms with E-state index in [2.05, 4.69) is 14.7 Å². The van der Waals surface area contributed by atoms with Gasteiger partial charge in [-0.25, -0.2) is 9.78 Å². The molecule has 0 spiro atoms. The van der Waals surface area contributed by atoms with E-state index in [-0.39, 0.29) is 11.5 Å². The van der Waals surface area contributed by atoms with Crippen LogP contribution in [-0.4, -0.2) is 23.0 Å². The van der Waals surface area contributed by atoms with E-state index in [0.717, 1.165) is 5.56 Å². The van der Waals surface area contributed by atoms with Gasteiger partial charge in [0.25, 0.3) is 0 Å². The van der Waals surface area contributed by atoms with Gasteiger partial charge in [-0.05, 0) is 29.8 Å². The number of aromatic nitrogens is 2. The Morgan fingerprint density at radius 2 is 1.94 bits per heavy atom. The number of nitrogens with two attached hydrogens (primary N) is 1. The first-order chi connectivity index (χ1) is 8.22. The normalized spacial score (nSPS) is 9.94. The predicted molar refractivity (Wildman–Crippen MR) is 63.2 cm³/mol. The Morgan fingerprint density at radius 1 is 1.24 bits per heavy atom. The molecule has 0 saturated carbocycles. The molecule has 2 rings (SSSR count). The fraction of sp³-hybridized carbons (Fsp3) is 0.0833. The van der Waals surface area contributed by atoms with E-state index in [1.807, 2.05) is 0 Å². The zero-order valence-electron chi connectivity index (χ0n) is 9.25. The molecule has 2 N–H and O–H groups in total. The van der Waals surface area contributed by atoms with E-state index >= 15 is 0 Å². The van der Waals surface area contributed by atoms with Crippen molar-refractivity contribution in [3.8, 4) is 11.1 Å². The van der Waals surface area contributed by atoms with Gasteiger partial charge < -0.3 is 10.5 Å². The number of methoxy groups -OCH3 is 1. The molecule has 0 amide bonds. The third kappa shape index (κ3) is 2.23. The fourth-order valence-electron chi connectivity index (χ4n) is 1.49. The van der Waals surface area contributed by atoms with Crippen molar-refractivity contribution in [3.63, 3.8) is 0 Å². The Bertz CT molecular complexity index is 541. The summed E-state index contributed by atoms with van der Waals surface area (Å²) in [6, 6.07) is 6.96. The standard InChI is InChI=1S/C12H11N3O2/c1-17-12(16)11-9(2-3-10(13)15-11)8-4-6-14-7-5-8/h2-7H,1H3,(H2,13,15). The first-order valence-corrected chi connectivity index (χ1v) is 4.97. The summed E-state index contributed by atoms with van der Waals surface area (Å²) in [6.45, 7) is 0. The van der Waals surface area contributed by atoms with Crippen molar-refractivity contribution < 1.29 is 9.53 Å². The number of carbonyl (C=O) groups excluding carboxylic acids is 1. The minimum Gasteiger partial charge on any atom is -0.464 e. The van der Waals surface area contributed by atoms with Crippen molar-refractivity contribution in [3.05, 3.63) is 42.4 Å². The van der Waals surface area contributed by atoms with E-state index in [0.29, 0.717) is 5.56 Å². The van der Waals surface area contributed by atoms with Gasteiger partial charge in [-0.1, -0.05) is 0 Å². The van der Waals surface area contributed by atoms with Crippen LogP contribution in [0.25, 0.3) is 11.1 Å². The molecule has 17 heavy (non-hydrogen) atoms. The molecule has 5 heteroatoms. The lowest BCUT2D eigenvalue weighted by Gasteiger charge is -2.07. The molecule has 2 aromatic rings. The van der Waals surface area contributed by atoms with Gasteiger partial charge in [-0.3, -0.25) is 4.98 Å². The van der Waals surface area contributed by atoms with Crippen molar-refractivity contribution in [2.45, 2.75) is 0 Å². The molecule has 0 radical (unpaired) electrons. The number of nitrogen functional groups attached to an aromatic ring is 1. The maximum Gasteiger partial charge on any atom is 0.357 e. The maximum absolute atomic E-state index is 11.6. The zero-order chi connectivity index (χ0) is 12.3. The van der Waals surface area contributed by atoms with Crippen molar-refractivity contribution in [1.82, 2.24) is 9.97 Å². The zero-order valence-corrected chi connectivity index (χ0v) is 9.25. The largest absolute Gasteiger partial charge is 0.464 e. The summed E-state index contributed by atoms with van der Waals surface area (Å²) in [5, 5.41) is 0. The molecule has 0 unspecified atom stereocenters. The number of anilines is 1. The van der Waals surface area contributed by atoms with Crippen LogP contribution in [0.3, 0.4) is 0 Å². The molecule has 0 fully saturated rings. The number of pyridine rings is 2. The van der Waals surface area contributed by atoms with Crippen LogP contribution >= 0.6 is 0 Å². The van der Waals surface area contributed by atoms with Crippen molar-refractivity contribution in [1.29, 1.82) is 0 Å². The summed E-state index contributed by atoms with van der Waals surface area (Å²) in [5.41, 5.74) is 7.29. The fourth-order valence-corrected chi connectivity index (χ4v) is 1.49. The number of ether oxygens (including phenoxy) is 1. The second kappa shape index (κ2) is 4.61. The molecule has 0 atom stereocenters. The van der Waals surface area contributed by atoms with Gasteiger partial charge in [-0.15, -0.1) is 0 Å². The molecule has 0 aliphatic heterocycles. The highest BCUT2D eigenvalue weighted by Gasteiger charge is 2.15. The molecule has 2 aromatic heterocycles. The first-order valence-electron chi connectivity index (χ1n) is 4.97. The molecule has 0 saturated heterocycles. The molecule has 0 aromatic carbocycles. The van der Waals surface area contributed by atoms with E-state index in [4.69, 9.17) is 5.73 Å². The van der Waals surface area contributed by atoms with Gasteiger partial charge >= 0.3 is 5.97 Å². The van der Waals surface area contributed by atoms with E-state index < -0.39 is 5.97 Å². The van der Waals surface area contributed by atoms with Gasteiger partial charge in [0.2, 0.25) is 0 Å². The van der Waals surface area contributed by atoms with Crippen LogP contribution in [0.15, 0.2) is 36.7 Å².